The molecule has 12 nitrogen and oxygen atoms in total. The molecule has 48 heavy (non-hydrogen) atoms. The Morgan fingerprint density at radius 2 is 1.75 bits per heavy atom. The molecule has 2 aliphatic heterocycles. The number of aliphatic hydroxyl groups excluding tert-OH is 3. The fourth-order valence-electron chi connectivity index (χ4n) is 6.96. The maximum absolute atomic E-state index is 13.4. The van der Waals surface area contributed by atoms with Gasteiger partial charge in [-0.1, -0.05) is 37.3 Å². The zero-order chi connectivity index (χ0) is 34.7. The molecular weight excluding hydrogens is 624 g/mol. The molecule has 7 N–H and O–H groups in total. The minimum atomic E-state index is -2.05. The van der Waals surface area contributed by atoms with Crippen molar-refractivity contribution in [2.24, 2.45) is 11.8 Å². The number of fused-ring (bicyclic) bond motifs is 1. The van der Waals surface area contributed by atoms with Crippen LogP contribution < -0.4 is 4.74 Å². The SMILES string of the molecule is Cc1c(C(=O)CCc2ccccc2)c(O)c2c(O[C@H]3O[C@H](CO)[C@](O)(CC[C@@H](C)C4CCOCC4)[C@H](O)[C@H]3O)cc(C(=O)O)cc2c1O. The predicted octanol–water partition coefficient (Wildman–Crippen LogP) is 3.46. The largest absolute Gasteiger partial charge is 0.507 e. The molecule has 5 rings (SSSR count). The minimum absolute atomic E-state index is 0.00151. The van der Waals surface area contributed by atoms with Crippen LogP contribution in [0.5, 0.6) is 17.2 Å². The van der Waals surface area contributed by atoms with Gasteiger partial charge in [0.15, 0.2) is 5.78 Å². The number of phenolic OH excluding ortho intramolecular Hbond substituents is 2. The van der Waals surface area contributed by atoms with Crippen LogP contribution in [0.15, 0.2) is 42.5 Å². The highest BCUT2D eigenvalue weighted by Gasteiger charge is 2.55. The van der Waals surface area contributed by atoms with Crippen LogP contribution in [0.3, 0.4) is 0 Å². The number of carbonyl (C=O) groups is 2. The maximum atomic E-state index is 13.4. The average Bonchev–Trinajstić information content (AvgIpc) is 3.09. The highest BCUT2D eigenvalue weighted by atomic mass is 16.7. The van der Waals surface area contributed by atoms with Crippen molar-refractivity contribution in [3.05, 3.63) is 64.7 Å². The summed E-state index contributed by atoms with van der Waals surface area (Å²) in [6.07, 6.45) is -4.33. The molecule has 0 spiro atoms. The Bertz CT molecular complexity index is 1610. The summed E-state index contributed by atoms with van der Waals surface area (Å²) in [5.74, 6) is -2.77. The van der Waals surface area contributed by atoms with Gasteiger partial charge >= 0.3 is 5.97 Å². The first-order valence-electron chi connectivity index (χ1n) is 16.3. The minimum Gasteiger partial charge on any atom is -0.507 e. The number of carboxylic acids is 1. The van der Waals surface area contributed by atoms with Crippen LogP contribution in [0.25, 0.3) is 10.8 Å². The highest BCUT2D eigenvalue weighted by Crippen LogP contribution is 2.46. The van der Waals surface area contributed by atoms with E-state index in [-0.39, 0.29) is 52.0 Å². The Balaban J connectivity index is 1.46. The van der Waals surface area contributed by atoms with Gasteiger partial charge in [0.1, 0.15) is 41.2 Å². The Labute approximate surface area is 278 Å². The average molecular weight is 669 g/mol. The topological polar surface area (TPSA) is 203 Å². The van der Waals surface area contributed by atoms with Crippen molar-refractivity contribution in [1.29, 1.82) is 0 Å². The van der Waals surface area contributed by atoms with Gasteiger partial charge < -0.3 is 50.0 Å². The summed E-state index contributed by atoms with van der Waals surface area (Å²) in [4.78, 5) is 25.5. The molecule has 2 aliphatic rings. The van der Waals surface area contributed by atoms with Gasteiger partial charge in [-0.2, -0.15) is 0 Å². The number of ketones is 1. The summed E-state index contributed by atoms with van der Waals surface area (Å²) < 4.78 is 17.2. The molecule has 2 saturated heterocycles. The first kappa shape index (κ1) is 35.5. The number of hydrogen-bond acceptors (Lipinski definition) is 11. The second kappa shape index (κ2) is 14.8. The second-order valence-electron chi connectivity index (χ2n) is 13.0. The van der Waals surface area contributed by atoms with Gasteiger partial charge in [0.25, 0.3) is 0 Å². The summed E-state index contributed by atoms with van der Waals surface area (Å²) in [5, 5.41) is 76.3. The fourth-order valence-corrected chi connectivity index (χ4v) is 6.96. The smallest absolute Gasteiger partial charge is 0.335 e. The number of Topliss-reactive ketones (excluding diaryl/α,β-unsaturated/α-hetero) is 1. The third kappa shape index (κ3) is 7.00. The molecule has 3 aromatic carbocycles. The van der Waals surface area contributed by atoms with Gasteiger partial charge in [-0.25, -0.2) is 4.79 Å². The van der Waals surface area contributed by atoms with Crippen LogP contribution >= 0.6 is 0 Å². The predicted molar refractivity (Wildman–Crippen MR) is 173 cm³/mol. The van der Waals surface area contributed by atoms with E-state index in [9.17, 15) is 45.3 Å². The number of carboxylic acid groups (broad SMARTS) is 1. The number of ether oxygens (including phenoxy) is 3. The summed E-state index contributed by atoms with van der Waals surface area (Å²) in [7, 11) is 0. The zero-order valence-corrected chi connectivity index (χ0v) is 27.0. The fraction of sp³-hybridized carbons (Fsp3) is 0.500. The summed E-state index contributed by atoms with van der Waals surface area (Å²) in [6.45, 7) is 4.02. The Kier molecular flexibility index (Phi) is 10.9. The lowest BCUT2D eigenvalue weighted by Gasteiger charge is -2.48. The number of aromatic hydroxyl groups is 2. The Morgan fingerprint density at radius 3 is 2.40 bits per heavy atom. The van der Waals surface area contributed by atoms with E-state index in [1.807, 2.05) is 37.3 Å². The van der Waals surface area contributed by atoms with E-state index in [1.54, 1.807) is 0 Å². The molecule has 0 saturated carbocycles. The molecule has 3 aromatic rings. The third-order valence-corrected chi connectivity index (χ3v) is 10.0. The van der Waals surface area contributed by atoms with Crippen molar-refractivity contribution < 1.29 is 59.5 Å². The number of hydrogen-bond donors (Lipinski definition) is 7. The highest BCUT2D eigenvalue weighted by molar-refractivity contribution is 6.11. The van der Waals surface area contributed by atoms with E-state index in [0.717, 1.165) is 30.5 Å². The van der Waals surface area contributed by atoms with E-state index in [0.29, 0.717) is 32.0 Å². The van der Waals surface area contributed by atoms with Gasteiger partial charge in [0.2, 0.25) is 6.29 Å². The number of phenols is 2. The van der Waals surface area contributed by atoms with Crippen molar-refractivity contribution in [2.75, 3.05) is 19.8 Å². The Hall–Kier alpha value is -3.78. The monoisotopic (exact) mass is 668 g/mol. The van der Waals surface area contributed by atoms with Crippen molar-refractivity contribution in [1.82, 2.24) is 0 Å². The van der Waals surface area contributed by atoms with E-state index in [2.05, 4.69) is 0 Å². The van der Waals surface area contributed by atoms with Crippen molar-refractivity contribution in [2.45, 2.75) is 82.6 Å². The number of aliphatic hydroxyl groups is 4. The summed E-state index contributed by atoms with van der Waals surface area (Å²) in [5.41, 5.74) is -1.65. The number of rotatable bonds is 12. The van der Waals surface area contributed by atoms with Crippen LogP contribution in [-0.4, -0.2) is 97.5 Å². The summed E-state index contributed by atoms with van der Waals surface area (Å²) >= 11 is 0. The second-order valence-corrected chi connectivity index (χ2v) is 13.0. The molecule has 2 heterocycles. The van der Waals surface area contributed by atoms with Crippen LogP contribution in [0.2, 0.25) is 0 Å². The van der Waals surface area contributed by atoms with Gasteiger partial charge in [-0.05, 0) is 68.6 Å². The molecule has 0 radical (unpaired) electrons. The van der Waals surface area contributed by atoms with E-state index >= 15 is 0 Å². The third-order valence-electron chi connectivity index (χ3n) is 10.0. The number of aryl methyl sites for hydroxylation is 1. The van der Waals surface area contributed by atoms with Crippen LogP contribution in [0, 0.1) is 18.8 Å². The van der Waals surface area contributed by atoms with Gasteiger partial charge in [0, 0.05) is 30.6 Å². The molecule has 2 fully saturated rings. The van der Waals surface area contributed by atoms with Gasteiger partial charge in [-0.15, -0.1) is 0 Å². The molecule has 6 atom stereocenters. The number of carbonyl (C=O) groups excluding carboxylic acids is 1. The molecule has 260 valence electrons. The van der Waals surface area contributed by atoms with Crippen molar-refractivity contribution in [3.63, 3.8) is 0 Å². The molecule has 0 bridgehead atoms. The van der Waals surface area contributed by atoms with Crippen molar-refractivity contribution in [3.8, 4) is 17.2 Å². The van der Waals surface area contributed by atoms with E-state index in [1.165, 1.54) is 6.92 Å². The van der Waals surface area contributed by atoms with Crippen LogP contribution in [0.1, 0.15) is 70.9 Å². The normalized spacial score (nSPS) is 25.5. The van der Waals surface area contributed by atoms with E-state index in [4.69, 9.17) is 14.2 Å². The number of benzene rings is 3. The molecular formula is C36H44O12. The zero-order valence-electron chi connectivity index (χ0n) is 27.0. The maximum Gasteiger partial charge on any atom is 0.335 e. The van der Waals surface area contributed by atoms with Gasteiger partial charge in [-0.3, -0.25) is 4.79 Å². The first-order chi connectivity index (χ1) is 22.9. The van der Waals surface area contributed by atoms with E-state index < -0.39 is 60.1 Å². The quantitative estimate of drug-likeness (QED) is 0.110. The molecule has 0 unspecified atom stereocenters. The lowest BCUT2D eigenvalue weighted by molar-refractivity contribution is -0.315. The summed E-state index contributed by atoms with van der Waals surface area (Å²) in [6, 6.07) is 11.4. The molecule has 12 heteroatoms. The van der Waals surface area contributed by atoms with Crippen LogP contribution in [-0.2, 0) is 15.9 Å². The first-order valence-corrected chi connectivity index (χ1v) is 16.3. The Morgan fingerprint density at radius 1 is 1.06 bits per heavy atom. The molecule has 0 aliphatic carbocycles. The molecule has 0 amide bonds. The van der Waals surface area contributed by atoms with Gasteiger partial charge in [0.05, 0.1) is 23.1 Å². The van der Waals surface area contributed by atoms with Crippen LogP contribution in [0.4, 0.5) is 0 Å². The molecule has 0 aromatic heterocycles. The standard InChI is InChI=1S/C36H44O12/c1-19(22-11-14-46-15-12-22)10-13-36(45)27(18-37)48-35(32(41)33(36)42)47-26-17-23(34(43)44)16-24-29(26)31(40)28(20(2)30(24)39)25(38)9-8-21-6-4-3-5-7-21/h3-7,16-17,19,22,27,32-33,35,37,39-42,45H,8-15,18H2,1-2H3,(H,43,44)/t19-,27-,32-,33-,35+,36-/m1/s1. The lowest BCUT2D eigenvalue weighted by Crippen LogP contribution is -2.67. The lowest BCUT2D eigenvalue weighted by atomic mass is 9.76. The number of aromatic carboxylic acids is 1. The van der Waals surface area contributed by atoms with Crippen molar-refractivity contribution >= 4 is 22.5 Å².